The van der Waals surface area contributed by atoms with E-state index < -0.39 is 0 Å². The third-order valence-corrected chi connectivity index (χ3v) is 4.06. The van der Waals surface area contributed by atoms with Gasteiger partial charge in [-0.3, -0.25) is 0 Å². The van der Waals surface area contributed by atoms with Gasteiger partial charge in [0.1, 0.15) is 6.29 Å². The van der Waals surface area contributed by atoms with Crippen LogP contribution in [0.2, 0.25) is 5.02 Å². The van der Waals surface area contributed by atoms with Crippen molar-refractivity contribution in [3.8, 4) is 0 Å². The third kappa shape index (κ3) is 6.65. The summed E-state index contributed by atoms with van der Waals surface area (Å²) >= 11 is 10.1. The highest BCUT2D eigenvalue weighted by molar-refractivity contribution is 7.80. The molecule has 0 aliphatic heterocycles. The molecule has 4 heteroatoms. The highest BCUT2D eigenvalue weighted by Gasteiger charge is 1.97. The first-order valence-electron chi connectivity index (χ1n) is 7.09. The van der Waals surface area contributed by atoms with E-state index in [0.29, 0.717) is 13.1 Å². The molecule has 0 atom stereocenters. The minimum atomic E-state index is 0.391. The van der Waals surface area contributed by atoms with E-state index in [-0.39, 0.29) is 0 Å². The number of hydrogen-bond acceptors (Lipinski definition) is 3. The number of hydrogen-bond donors (Lipinski definition) is 2. The summed E-state index contributed by atoms with van der Waals surface area (Å²) in [6.45, 7) is 7.37. The Kier molecular flexibility index (Phi) is 8.25. The van der Waals surface area contributed by atoms with Gasteiger partial charge >= 0.3 is 0 Å². The molecule has 0 saturated carbocycles. The molecule has 118 valence electrons. The molecular weight excluding hydrogens is 314 g/mol. The molecule has 2 aromatic rings. The van der Waals surface area contributed by atoms with Crippen LogP contribution in [-0.4, -0.2) is 12.8 Å². The molecule has 1 N–H and O–H groups in total. The van der Waals surface area contributed by atoms with E-state index >= 15 is 0 Å². The molecule has 0 amide bonds. The zero-order valence-electron chi connectivity index (χ0n) is 13.2. The molecule has 0 aliphatic rings. The van der Waals surface area contributed by atoms with Crippen molar-refractivity contribution in [3.63, 3.8) is 0 Å². The fraction of sp³-hybridized carbons (Fsp3) is 0.278. The zero-order valence-corrected chi connectivity index (χ0v) is 14.8. The Morgan fingerprint density at radius 3 is 2.14 bits per heavy atom. The van der Waals surface area contributed by atoms with Crippen LogP contribution in [-0.2, 0) is 11.3 Å². The van der Waals surface area contributed by atoms with Crippen LogP contribution >= 0.6 is 24.2 Å². The van der Waals surface area contributed by atoms with E-state index in [1.54, 1.807) is 0 Å². The van der Waals surface area contributed by atoms with Crippen LogP contribution in [0.4, 0.5) is 0 Å². The van der Waals surface area contributed by atoms with Crippen molar-refractivity contribution in [2.45, 2.75) is 32.2 Å². The van der Waals surface area contributed by atoms with Gasteiger partial charge in [0.25, 0.3) is 0 Å². The van der Waals surface area contributed by atoms with Crippen molar-refractivity contribution in [1.29, 1.82) is 0 Å². The summed E-state index contributed by atoms with van der Waals surface area (Å²) in [5.74, 6) is 0. The Morgan fingerprint density at radius 1 is 1.09 bits per heavy atom. The van der Waals surface area contributed by atoms with Crippen LogP contribution in [0.1, 0.15) is 22.3 Å². The van der Waals surface area contributed by atoms with Crippen molar-refractivity contribution < 1.29 is 4.79 Å². The standard InChI is InChI=1S/C9H10ClNO.C9H12S/c10-9-3-1-8(2-4-9)7-11-5-6-12;1-6-4-7(2)9(10)8(3)5-6/h1-4,6,11H,5,7H2;4-5,10H,1-3H3. The van der Waals surface area contributed by atoms with Gasteiger partial charge in [-0.1, -0.05) is 41.4 Å². The summed E-state index contributed by atoms with van der Waals surface area (Å²) in [7, 11) is 0. The lowest BCUT2D eigenvalue weighted by Gasteiger charge is -2.03. The Balaban J connectivity index is 0.000000224. The smallest absolute Gasteiger partial charge is 0.133 e. The Hall–Kier alpha value is -1.29. The monoisotopic (exact) mass is 335 g/mol. The number of carbonyl (C=O) groups is 1. The van der Waals surface area contributed by atoms with Crippen molar-refractivity contribution in [2.24, 2.45) is 0 Å². The van der Waals surface area contributed by atoms with Gasteiger partial charge in [0, 0.05) is 16.5 Å². The van der Waals surface area contributed by atoms with Crippen LogP contribution in [0, 0.1) is 20.8 Å². The first-order chi connectivity index (χ1) is 10.4. The molecule has 22 heavy (non-hydrogen) atoms. The van der Waals surface area contributed by atoms with Crippen molar-refractivity contribution in [3.05, 3.63) is 63.7 Å². The maximum Gasteiger partial charge on any atom is 0.133 e. The second-order valence-corrected chi connectivity index (χ2v) is 6.06. The number of halogens is 1. The number of aryl methyl sites for hydroxylation is 3. The van der Waals surface area contributed by atoms with Crippen molar-refractivity contribution in [1.82, 2.24) is 5.32 Å². The van der Waals surface area contributed by atoms with Crippen LogP contribution in [0.15, 0.2) is 41.3 Å². The molecule has 0 aromatic heterocycles. The van der Waals surface area contributed by atoms with E-state index in [9.17, 15) is 4.79 Å². The van der Waals surface area contributed by atoms with Gasteiger partial charge in [-0.05, 0) is 49.6 Å². The van der Waals surface area contributed by atoms with E-state index in [1.165, 1.54) is 16.7 Å². The van der Waals surface area contributed by atoms with Crippen LogP contribution in [0.3, 0.4) is 0 Å². The third-order valence-electron chi connectivity index (χ3n) is 3.11. The normalized spacial score (nSPS) is 9.86. The second kappa shape index (κ2) is 9.67. The minimum absolute atomic E-state index is 0.391. The predicted octanol–water partition coefficient (Wildman–Crippen LogP) is 4.53. The first kappa shape index (κ1) is 18.8. The molecule has 0 aliphatic carbocycles. The summed E-state index contributed by atoms with van der Waals surface area (Å²) in [4.78, 5) is 11.1. The number of benzene rings is 2. The zero-order chi connectivity index (χ0) is 16.5. The van der Waals surface area contributed by atoms with Gasteiger partial charge < -0.3 is 10.1 Å². The maximum absolute atomic E-state index is 9.97. The topological polar surface area (TPSA) is 29.1 Å². The van der Waals surface area contributed by atoms with E-state index in [2.05, 4.69) is 50.8 Å². The summed E-state index contributed by atoms with van der Waals surface area (Å²) in [6.07, 6.45) is 0.843. The van der Waals surface area contributed by atoms with Gasteiger partial charge in [0.05, 0.1) is 6.54 Å². The molecule has 0 fully saturated rings. The number of nitrogens with one attached hydrogen (secondary N) is 1. The molecule has 2 aromatic carbocycles. The Labute approximate surface area is 143 Å². The van der Waals surface area contributed by atoms with Crippen LogP contribution in [0.25, 0.3) is 0 Å². The second-order valence-electron chi connectivity index (χ2n) is 5.17. The lowest BCUT2D eigenvalue weighted by atomic mass is 10.1. The van der Waals surface area contributed by atoms with Gasteiger partial charge in [-0.2, -0.15) is 0 Å². The summed E-state index contributed by atoms with van der Waals surface area (Å²) < 4.78 is 0. The number of aldehydes is 1. The molecule has 0 bridgehead atoms. The highest BCUT2D eigenvalue weighted by Crippen LogP contribution is 2.19. The highest BCUT2D eigenvalue weighted by atomic mass is 35.5. The van der Waals surface area contributed by atoms with Gasteiger partial charge in [0.2, 0.25) is 0 Å². The first-order valence-corrected chi connectivity index (χ1v) is 7.92. The maximum atomic E-state index is 9.97. The average molecular weight is 336 g/mol. The summed E-state index contributed by atoms with van der Waals surface area (Å²) in [6, 6.07) is 11.8. The van der Waals surface area contributed by atoms with Gasteiger partial charge in [0.15, 0.2) is 0 Å². The fourth-order valence-corrected chi connectivity index (χ4v) is 2.31. The largest absolute Gasteiger partial charge is 0.306 e. The number of carbonyl (C=O) groups excluding carboxylic acids is 1. The van der Waals surface area contributed by atoms with Gasteiger partial charge in [-0.15, -0.1) is 12.6 Å². The van der Waals surface area contributed by atoms with Crippen LogP contribution in [0.5, 0.6) is 0 Å². The Morgan fingerprint density at radius 2 is 1.64 bits per heavy atom. The number of rotatable bonds is 4. The predicted molar refractivity (Wildman–Crippen MR) is 97.1 cm³/mol. The van der Waals surface area contributed by atoms with E-state index in [1.807, 2.05) is 24.3 Å². The van der Waals surface area contributed by atoms with Gasteiger partial charge in [-0.25, -0.2) is 0 Å². The summed E-state index contributed by atoms with van der Waals surface area (Å²) in [5.41, 5.74) is 4.97. The molecule has 0 heterocycles. The minimum Gasteiger partial charge on any atom is -0.306 e. The average Bonchev–Trinajstić information content (AvgIpc) is 2.48. The fourth-order valence-electron chi connectivity index (χ4n) is 2.05. The Bertz CT molecular complexity index is 588. The molecule has 0 radical (unpaired) electrons. The molecule has 0 saturated heterocycles. The lowest BCUT2D eigenvalue weighted by molar-refractivity contribution is -0.107. The van der Waals surface area contributed by atoms with Crippen LogP contribution < -0.4 is 5.32 Å². The lowest BCUT2D eigenvalue weighted by Crippen LogP contribution is -2.15. The summed E-state index contributed by atoms with van der Waals surface area (Å²) in [5, 5.41) is 3.69. The molecule has 2 rings (SSSR count). The van der Waals surface area contributed by atoms with E-state index in [0.717, 1.165) is 21.8 Å². The number of thiol groups is 1. The molecule has 0 unspecified atom stereocenters. The van der Waals surface area contributed by atoms with Crippen molar-refractivity contribution in [2.75, 3.05) is 6.54 Å². The molecule has 2 nitrogen and oxygen atoms in total. The quantitative estimate of drug-likeness (QED) is 0.488. The molecular formula is C18H22ClNOS. The SMILES string of the molecule is Cc1cc(C)c(S)c(C)c1.O=CCNCc1ccc(Cl)cc1. The molecule has 0 spiro atoms. The van der Waals surface area contributed by atoms with Crippen molar-refractivity contribution >= 4 is 30.5 Å². The van der Waals surface area contributed by atoms with E-state index in [4.69, 9.17) is 11.6 Å².